The third kappa shape index (κ3) is 8.47. The molecule has 46 heavy (non-hydrogen) atoms. The third-order valence-corrected chi connectivity index (χ3v) is 9.93. The zero-order chi connectivity index (χ0) is 32.5. The molecule has 3 amide bonds. The van der Waals surface area contributed by atoms with Crippen molar-refractivity contribution in [3.05, 3.63) is 113 Å². The zero-order valence-corrected chi connectivity index (χ0v) is 27.4. The van der Waals surface area contributed by atoms with Gasteiger partial charge in [-0.15, -0.1) is 11.3 Å². The summed E-state index contributed by atoms with van der Waals surface area (Å²) in [6.45, 7) is 0.429. The quantitative estimate of drug-likeness (QED) is 0.191. The van der Waals surface area contributed by atoms with Crippen LogP contribution in [0.4, 0.5) is 0 Å². The Hall–Kier alpha value is -4.34. The van der Waals surface area contributed by atoms with Crippen molar-refractivity contribution in [3.63, 3.8) is 0 Å². The van der Waals surface area contributed by atoms with Crippen LogP contribution < -0.4 is 11.1 Å². The van der Waals surface area contributed by atoms with Gasteiger partial charge in [-0.1, -0.05) is 54.6 Å². The van der Waals surface area contributed by atoms with E-state index in [1.54, 1.807) is 37.8 Å². The molecule has 9 heteroatoms. The fraction of sp³-hybridized carbons (Fsp3) is 0.351. The average molecular weight is 638 g/mol. The van der Waals surface area contributed by atoms with Gasteiger partial charge >= 0.3 is 0 Å². The lowest BCUT2D eigenvalue weighted by atomic mass is 9.75. The van der Waals surface area contributed by atoms with Crippen molar-refractivity contribution in [1.82, 2.24) is 20.1 Å². The second kappa shape index (κ2) is 15.3. The number of hydrogen-bond acceptors (Lipinski definition) is 6. The number of nitrogens with zero attached hydrogens (tertiary/aromatic N) is 3. The first-order chi connectivity index (χ1) is 22.2. The van der Waals surface area contributed by atoms with Crippen LogP contribution in [0.25, 0.3) is 10.8 Å². The highest BCUT2D eigenvalue weighted by Gasteiger charge is 2.35. The second-order valence-electron chi connectivity index (χ2n) is 12.3. The molecule has 3 N–H and O–H groups in total. The molecule has 1 fully saturated rings. The van der Waals surface area contributed by atoms with Gasteiger partial charge in [0.1, 0.15) is 12.1 Å². The molecular formula is C37H43N5O3S. The minimum atomic E-state index is -0.825. The van der Waals surface area contributed by atoms with E-state index in [-0.39, 0.29) is 23.3 Å². The summed E-state index contributed by atoms with van der Waals surface area (Å²) in [5, 5.41) is 7.17. The molecule has 0 saturated heterocycles. The van der Waals surface area contributed by atoms with Gasteiger partial charge in [0, 0.05) is 56.3 Å². The van der Waals surface area contributed by atoms with E-state index in [1.807, 2.05) is 72.1 Å². The van der Waals surface area contributed by atoms with Crippen LogP contribution in [0.5, 0.6) is 0 Å². The Bertz CT molecular complexity index is 1650. The molecule has 2 aromatic heterocycles. The van der Waals surface area contributed by atoms with Crippen LogP contribution in [-0.2, 0) is 33.6 Å². The van der Waals surface area contributed by atoms with Crippen LogP contribution in [-0.4, -0.2) is 70.8 Å². The minimum Gasteiger partial charge on any atom is -0.354 e. The molecule has 0 bridgehead atoms. The van der Waals surface area contributed by atoms with Gasteiger partial charge in [-0.25, -0.2) is 0 Å². The average Bonchev–Trinajstić information content (AvgIpc) is 3.58. The molecule has 0 radical (unpaired) electrons. The predicted molar refractivity (Wildman–Crippen MR) is 184 cm³/mol. The summed E-state index contributed by atoms with van der Waals surface area (Å²) in [5.41, 5.74) is 8.13. The number of nitrogens with one attached hydrogen (secondary N) is 1. The van der Waals surface area contributed by atoms with E-state index < -0.39 is 12.1 Å². The molecule has 240 valence electrons. The number of nitrogens with two attached hydrogens (primary N) is 1. The summed E-state index contributed by atoms with van der Waals surface area (Å²) in [4.78, 5) is 49.7. The van der Waals surface area contributed by atoms with Crippen molar-refractivity contribution in [2.45, 2.75) is 62.6 Å². The molecule has 0 spiro atoms. The zero-order valence-electron chi connectivity index (χ0n) is 26.6. The predicted octanol–water partition coefficient (Wildman–Crippen LogP) is 4.92. The Morgan fingerprint density at radius 1 is 0.935 bits per heavy atom. The van der Waals surface area contributed by atoms with E-state index in [2.05, 4.69) is 16.4 Å². The molecular weight excluding hydrogens is 595 g/mol. The number of carbonyl (C=O) groups excluding carboxylic acids is 3. The normalized spacial score (nSPS) is 15.2. The summed E-state index contributed by atoms with van der Waals surface area (Å²) in [7, 11) is 3.33. The maximum Gasteiger partial charge on any atom is 0.246 e. The molecule has 0 aliphatic heterocycles. The number of likely N-dealkylation sites (N-methyl/N-ethyl adjacent to an activating group) is 2. The van der Waals surface area contributed by atoms with E-state index in [0.29, 0.717) is 32.2 Å². The van der Waals surface area contributed by atoms with E-state index >= 15 is 0 Å². The van der Waals surface area contributed by atoms with E-state index in [1.165, 1.54) is 15.9 Å². The number of carbonyl (C=O) groups is 3. The number of benzene rings is 2. The number of thiophene rings is 1. The molecule has 2 heterocycles. The van der Waals surface area contributed by atoms with E-state index in [0.717, 1.165) is 46.0 Å². The summed E-state index contributed by atoms with van der Waals surface area (Å²) in [6.07, 6.45) is 11.8. The maximum absolute atomic E-state index is 14.4. The Balaban J connectivity index is 1.37. The van der Waals surface area contributed by atoms with Gasteiger partial charge in [0.15, 0.2) is 0 Å². The fourth-order valence-corrected chi connectivity index (χ4v) is 6.63. The lowest BCUT2D eigenvalue weighted by molar-refractivity contribution is -0.146. The Kier molecular flexibility index (Phi) is 11.0. The molecule has 0 unspecified atom stereocenters. The molecule has 1 aliphatic rings. The third-order valence-electron chi connectivity index (χ3n) is 9.03. The Morgan fingerprint density at radius 2 is 1.70 bits per heavy atom. The number of hydrogen-bond donors (Lipinski definition) is 2. The van der Waals surface area contributed by atoms with Gasteiger partial charge in [-0.3, -0.25) is 19.4 Å². The largest absolute Gasteiger partial charge is 0.354 e. The number of amides is 3. The number of rotatable bonds is 14. The highest BCUT2D eigenvalue weighted by Crippen LogP contribution is 2.32. The van der Waals surface area contributed by atoms with Crippen LogP contribution in [0.15, 0.2) is 96.7 Å². The summed E-state index contributed by atoms with van der Waals surface area (Å²) in [5.74, 6) is -0.796. The monoisotopic (exact) mass is 637 g/mol. The molecule has 2 aromatic carbocycles. The number of aromatic nitrogens is 1. The first-order valence-electron chi connectivity index (χ1n) is 15.9. The van der Waals surface area contributed by atoms with Gasteiger partial charge < -0.3 is 20.9 Å². The highest BCUT2D eigenvalue weighted by atomic mass is 32.1. The van der Waals surface area contributed by atoms with Crippen LogP contribution in [0, 0.1) is 0 Å². The van der Waals surface area contributed by atoms with E-state index in [9.17, 15) is 14.4 Å². The lowest BCUT2D eigenvalue weighted by Gasteiger charge is -2.37. The Labute approximate surface area is 275 Å². The van der Waals surface area contributed by atoms with Crippen molar-refractivity contribution in [2.75, 3.05) is 20.6 Å². The van der Waals surface area contributed by atoms with Crippen molar-refractivity contribution < 1.29 is 14.4 Å². The van der Waals surface area contributed by atoms with Crippen molar-refractivity contribution >= 4 is 39.8 Å². The summed E-state index contributed by atoms with van der Waals surface area (Å²) < 4.78 is 0. The summed E-state index contributed by atoms with van der Waals surface area (Å²) in [6, 6.07) is 20.3. The molecule has 1 aliphatic carbocycles. The minimum absolute atomic E-state index is 0.231. The molecule has 8 nitrogen and oxygen atoms in total. The smallest absolute Gasteiger partial charge is 0.246 e. The first kappa shape index (κ1) is 33.0. The van der Waals surface area contributed by atoms with Gasteiger partial charge in [0.2, 0.25) is 17.7 Å². The summed E-state index contributed by atoms with van der Waals surface area (Å²) >= 11 is 1.55. The van der Waals surface area contributed by atoms with Crippen LogP contribution >= 0.6 is 11.3 Å². The van der Waals surface area contributed by atoms with Gasteiger partial charge in [0.25, 0.3) is 0 Å². The van der Waals surface area contributed by atoms with Gasteiger partial charge in [-0.2, -0.15) is 0 Å². The molecule has 4 aromatic rings. The molecule has 2 atom stereocenters. The first-order valence-corrected chi connectivity index (χ1v) is 16.8. The SMILES string of the molecule is CN(C(=O)C=CCC1(N)CCC1)[C@H](Cc1ccc2ccccc2c1)C(=O)N(C)[C@H](Cc1cccs1)C(=O)NCCc1ccncc1. The highest BCUT2D eigenvalue weighted by molar-refractivity contribution is 7.09. The Morgan fingerprint density at radius 3 is 2.39 bits per heavy atom. The van der Waals surface area contributed by atoms with Crippen molar-refractivity contribution in [1.29, 1.82) is 0 Å². The molecule has 1 saturated carbocycles. The van der Waals surface area contributed by atoms with Crippen LogP contribution in [0.2, 0.25) is 0 Å². The number of pyridine rings is 1. The molecule has 5 rings (SSSR count). The van der Waals surface area contributed by atoms with Crippen LogP contribution in [0.1, 0.15) is 41.7 Å². The van der Waals surface area contributed by atoms with Gasteiger partial charge in [-0.05, 0) is 83.7 Å². The standard InChI is InChI=1S/C37H43N5O3S/c1-41(34(43)11-5-17-37(38)18-7-19-37)33(25-28-12-13-29-8-3-4-9-30(29)24-28)36(45)42(2)32(26-31-10-6-23-46-31)35(44)40-22-16-27-14-20-39-21-15-27/h3-6,8-15,20-21,23-24,32-33H,7,16-19,22,25-26,38H2,1-2H3,(H,40,44)/t32-,33-/m1/s1. The number of fused-ring (bicyclic) bond motifs is 1. The van der Waals surface area contributed by atoms with E-state index in [4.69, 9.17) is 5.73 Å². The maximum atomic E-state index is 14.4. The van der Waals surface area contributed by atoms with Gasteiger partial charge in [0.05, 0.1) is 0 Å². The van der Waals surface area contributed by atoms with Crippen molar-refractivity contribution in [2.24, 2.45) is 5.73 Å². The van der Waals surface area contributed by atoms with Crippen LogP contribution in [0.3, 0.4) is 0 Å². The topological polar surface area (TPSA) is 109 Å². The van der Waals surface area contributed by atoms with Crippen molar-refractivity contribution in [3.8, 4) is 0 Å². The lowest BCUT2D eigenvalue weighted by Crippen LogP contribution is -2.56. The second-order valence-corrected chi connectivity index (χ2v) is 13.4. The fourth-order valence-electron chi connectivity index (χ4n) is 5.89.